The standard InChI is InChI=1S/C19H25N3O3/c1-24-17-8-5-15(6-9-17)7-10-19(23)21-16-12-20-22(13-16)14-18-4-2-3-11-25-18/h5-6,8-9,12-13,18H,2-4,7,10-11,14H2,1H3,(H,21,23)/t18-/m0/s1. The number of nitrogens with one attached hydrogen (secondary N) is 1. The number of carbonyl (C=O) groups excluding carboxylic acids is 1. The Bertz CT molecular complexity index is 675. The molecule has 0 aliphatic carbocycles. The predicted molar refractivity (Wildman–Crippen MR) is 95.8 cm³/mol. The van der Waals surface area contributed by atoms with E-state index in [1.807, 2.05) is 35.1 Å². The molecule has 2 heterocycles. The summed E-state index contributed by atoms with van der Waals surface area (Å²) in [7, 11) is 1.64. The van der Waals surface area contributed by atoms with Gasteiger partial charge in [0.2, 0.25) is 5.91 Å². The molecule has 1 aliphatic rings. The number of nitrogens with zero attached hydrogens (tertiary/aromatic N) is 2. The minimum absolute atomic E-state index is 0.00992. The van der Waals surface area contributed by atoms with Crippen LogP contribution in [0.2, 0.25) is 0 Å². The lowest BCUT2D eigenvalue weighted by molar-refractivity contribution is -0.116. The molecule has 0 radical (unpaired) electrons. The average molecular weight is 343 g/mol. The van der Waals surface area contributed by atoms with E-state index in [0.717, 1.165) is 43.0 Å². The van der Waals surface area contributed by atoms with Crippen LogP contribution < -0.4 is 10.1 Å². The number of hydrogen-bond donors (Lipinski definition) is 1. The molecule has 1 aliphatic heterocycles. The molecule has 1 N–H and O–H groups in total. The SMILES string of the molecule is COc1ccc(CCC(=O)Nc2cnn(C[C@@H]3CCCCO3)c2)cc1. The Balaban J connectivity index is 1.44. The third kappa shape index (κ3) is 5.32. The van der Waals surface area contributed by atoms with Crippen molar-refractivity contribution < 1.29 is 14.3 Å². The van der Waals surface area contributed by atoms with Crippen molar-refractivity contribution in [1.82, 2.24) is 9.78 Å². The van der Waals surface area contributed by atoms with Gasteiger partial charge < -0.3 is 14.8 Å². The molecule has 3 rings (SSSR count). The molecule has 1 aromatic heterocycles. The first-order valence-corrected chi connectivity index (χ1v) is 8.80. The van der Waals surface area contributed by atoms with E-state index < -0.39 is 0 Å². The number of aromatic nitrogens is 2. The highest BCUT2D eigenvalue weighted by Crippen LogP contribution is 2.16. The molecular formula is C19H25N3O3. The highest BCUT2D eigenvalue weighted by atomic mass is 16.5. The van der Waals surface area contributed by atoms with Gasteiger partial charge in [-0.3, -0.25) is 9.48 Å². The summed E-state index contributed by atoms with van der Waals surface area (Å²) in [5.74, 6) is 0.812. The highest BCUT2D eigenvalue weighted by Gasteiger charge is 2.15. The van der Waals surface area contributed by atoms with Gasteiger partial charge in [-0.1, -0.05) is 12.1 Å². The van der Waals surface area contributed by atoms with Crippen molar-refractivity contribution in [3.05, 3.63) is 42.2 Å². The number of aryl methyl sites for hydroxylation is 1. The number of ether oxygens (including phenoxy) is 2. The Morgan fingerprint density at radius 1 is 1.36 bits per heavy atom. The van der Waals surface area contributed by atoms with Crippen molar-refractivity contribution in [2.24, 2.45) is 0 Å². The van der Waals surface area contributed by atoms with E-state index in [0.29, 0.717) is 12.8 Å². The monoisotopic (exact) mass is 343 g/mol. The number of methoxy groups -OCH3 is 1. The molecule has 2 aromatic rings. The Kier molecular flexibility index (Phi) is 6.06. The average Bonchev–Trinajstić information content (AvgIpc) is 3.08. The molecule has 6 heteroatoms. The van der Waals surface area contributed by atoms with Crippen LogP contribution in [0.25, 0.3) is 0 Å². The summed E-state index contributed by atoms with van der Waals surface area (Å²) in [5, 5.41) is 7.21. The fraction of sp³-hybridized carbons (Fsp3) is 0.474. The molecule has 1 atom stereocenters. The van der Waals surface area contributed by atoms with Crippen LogP contribution in [0.3, 0.4) is 0 Å². The van der Waals surface area contributed by atoms with Crippen LogP contribution in [0.4, 0.5) is 5.69 Å². The van der Waals surface area contributed by atoms with Gasteiger partial charge in [0.15, 0.2) is 0 Å². The third-order valence-corrected chi connectivity index (χ3v) is 4.38. The quantitative estimate of drug-likeness (QED) is 0.839. The van der Waals surface area contributed by atoms with Crippen molar-refractivity contribution in [3.63, 3.8) is 0 Å². The fourth-order valence-corrected chi connectivity index (χ4v) is 2.96. The van der Waals surface area contributed by atoms with Gasteiger partial charge >= 0.3 is 0 Å². The lowest BCUT2D eigenvalue weighted by Gasteiger charge is -2.22. The minimum atomic E-state index is -0.00992. The number of benzene rings is 1. The Hall–Kier alpha value is -2.34. The summed E-state index contributed by atoms with van der Waals surface area (Å²) in [6.45, 7) is 1.57. The first kappa shape index (κ1) is 17.5. The number of anilines is 1. The van der Waals surface area contributed by atoms with Crippen molar-refractivity contribution in [2.45, 2.75) is 44.8 Å². The number of hydrogen-bond acceptors (Lipinski definition) is 4. The van der Waals surface area contributed by atoms with Gasteiger partial charge in [0.05, 0.1) is 31.6 Å². The van der Waals surface area contributed by atoms with Gasteiger partial charge in [-0.25, -0.2) is 0 Å². The molecule has 1 aromatic carbocycles. The third-order valence-electron chi connectivity index (χ3n) is 4.38. The zero-order valence-corrected chi connectivity index (χ0v) is 14.6. The lowest BCUT2D eigenvalue weighted by Crippen LogP contribution is -2.24. The second kappa shape index (κ2) is 8.67. The molecule has 1 amide bonds. The lowest BCUT2D eigenvalue weighted by atomic mass is 10.1. The normalized spacial score (nSPS) is 17.2. The van der Waals surface area contributed by atoms with E-state index >= 15 is 0 Å². The fourth-order valence-electron chi connectivity index (χ4n) is 2.96. The number of rotatable bonds is 7. The van der Waals surface area contributed by atoms with Crippen LogP contribution in [0.15, 0.2) is 36.7 Å². The van der Waals surface area contributed by atoms with Crippen molar-refractivity contribution in [3.8, 4) is 5.75 Å². The molecule has 6 nitrogen and oxygen atoms in total. The van der Waals surface area contributed by atoms with Crippen molar-refractivity contribution in [1.29, 1.82) is 0 Å². The molecule has 25 heavy (non-hydrogen) atoms. The first-order valence-electron chi connectivity index (χ1n) is 8.80. The maximum absolute atomic E-state index is 12.1. The molecule has 0 unspecified atom stereocenters. The predicted octanol–water partition coefficient (Wildman–Crippen LogP) is 3.03. The van der Waals surface area contributed by atoms with Crippen molar-refractivity contribution in [2.75, 3.05) is 19.0 Å². The summed E-state index contributed by atoms with van der Waals surface area (Å²) in [4.78, 5) is 12.1. The summed E-state index contributed by atoms with van der Waals surface area (Å²) in [5.41, 5.74) is 1.84. The Morgan fingerprint density at radius 2 is 2.20 bits per heavy atom. The maximum atomic E-state index is 12.1. The second-order valence-corrected chi connectivity index (χ2v) is 6.34. The van der Waals surface area contributed by atoms with Crippen LogP contribution in [-0.4, -0.2) is 35.5 Å². The Labute approximate surface area is 148 Å². The zero-order chi connectivity index (χ0) is 17.5. The largest absolute Gasteiger partial charge is 0.497 e. The Morgan fingerprint density at radius 3 is 2.92 bits per heavy atom. The van der Waals surface area contributed by atoms with E-state index in [9.17, 15) is 4.79 Å². The van der Waals surface area contributed by atoms with E-state index in [2.05, 4.69) is 10.4 Å². The summed E-state index contributed by atoms with van der Waals surface area (Å²) in [6, 6.07) is 7.78. The zero-order valence-electron chi connectivity index (χ0n) is 14.6. The number of carbonyl (C=O) groups is 1. The summed E-state index contributed by atoms with van der Waals surface area (Å²) < 4.78 is 12.7. The van der Waals surface area contributed by atoms with Gasteiger partial charge in [0.1, 0.15) is 5.75 Å². The molecule has 134 valence electrons. The minimum Gasteiger partial charge on any atom is -0.497 e. The summed E-state index contributed by atoms with van der Waals surface area (Å²) >= 11 is 0. The number of amides is 1. The van der Waals surface area contributed by atoms with Crippen molar-refractivity contribution >= 4 is 11.6 Å². The molecule has 0 saturated carbocycles. The second-order valence-electron chi connectivity index (χ2n) is 6.34. The van der Waals surface area contributed by atoms with Gasteiger partial charge in [-0.15, -0.1) is 0 Å². The van der Waals surface area contributed by atoms with E-state index in [-0.39, 0.29) is 12.0 Å². The highest BCUT2D eigenvalue weighted by molar-refractivity contribution is 5.90. The molecule has 1 fully saturated rings. The van der Waals surface area contributed by atoms with Crippen LogP contribution in [0.1, 0.15) is 31.2 Å². The smallest absolute Gasteiger partial charge is 0.224 e. The van der Waals surface area contributed by atoms with E-state index in [4.69, 9.17) is 9.47 Å². The molecule has 0 spiro atoms. The van der Waals surface area contributed by atoms with Gasteiger partial charge in [-0.05, 0) is 43.4 Å². The first-order chi connectivity index (χ1) is 12.2. The molecule has 1 saturated heterocycles. The maximum Gasteiger partial charge on any atom is 0.224 e. The van der Waals surface area contributed by atoms with Gasteiger partial charge in [0, 0.05) is 19.2 Å². The topological polar surface area (TPSA) is 65.4 Å². The molecule has 0 bridgehead atoms. The van der Waals surface area contributed by atoms with E-state index in [1.165, 1.54) is 6.42 Å². The van der Waals surface area contributed by atoms with Gasteiger partial charge in [0.25, 0.3) is 0 Å². The molecular weight excluding hydrogens is 318 g/mol. The van der Waals surface area contributed by atoms with Crippen LogP contribution in [0, 0.1) is 0 Å². The van der Waals surface area contributed by atoms with Crippen LogP contribution in [0.5, 0.6) is 5.75 Å². The van der Waals surface area contributed by atoms with E-state index in [1.54, 1.807) is 13.3 Å². The van der Waals surface area contributed by atoms with Gasteiger partial charge in [-0.2, -0.15) is 5.10 Å². The summed E-state index contributed by atoms with van der Waals surface area (Å²) in [6.07, 6.45) is 8.34. The van der Waals surface area contributed by atoms with Crippen LogP contribution in [-0.2, 0) is 22.5 Å². The van der Waals surface area contributed by atoms with Crippen LogP contribution >= 0.6 is 0 Å².